The molecule has 0 spiro atoms. The molecular formula is C16H13FN2O6. The Hall–Kier alpha value is -3.36. The molecule has 1 heterocycles. The van der Waals surface area contributed by atoms with E-state index in [-0.39, 0.29) is 11.3 Å². The number of nitrogens with zero attached hydrogens (tertiary/aromatic N) is 1. The van der Waals surface area contributed by atoms with Crippen molar-refractivity contribution in [2.75, 3.05) is 25.6 Å². The van der Waals surface area contributed by atoms with Crippen LogP contribution in [0.3, 0.4) is 0 Å². The third kappa shape index (κ3) is 3.30. The van der Waals surface area contributed by atoms with Crippen LogP contribution in [0.5, 0.6) is 17.2 Å². The van der Waals surface area contributed by atoms with Gasteiger partial charge in [0, 0.05) is 17.3 Å². The SMILES string of the molecule is COc1cc(C(=O)Nc2ccc(F)c([N+](=O)[O-])c2)cc2c1OCCO2. The smallest absolute Gasteiger partial charge is 0.306 e. The highest BCUT2D eigenvalue weighted by molar-refractivity contribution is 6.05. The molecule has 0 fully saturated rings. The Balaban J connectivity index is 1.89. The summed E-state index contributed by atoms with van der Waals surface area (Å²) in [5.74, 6) is -0.448. The molecule has 9 heteroatoms. The van der Waals surface area contributed by atoms with E-state index in [1.165, 1.54) is 25.3 Å². The number of nitrogens with one attached hydrogen (secondary N) is 1. The maximum absolute atomic E-state index is 13.4. The van der Waals surface area contributed by atoms with Gasteiger partial charge in [-0.3, -0.25) is 14.9 Å². The number of ether oxygens (including phenoxy) is 3. The van der Waals surface area contributed by atoms with Crippen molar-refractivity contribution in [2.24, 2.45) is 0 Å². The largest absolute Gasteiger partial charge is 0.493 e. The maximum Gasteiger partial charge on any atom is 0.306 e. The summed E-state index contributed by atoms with van der Waals surface area (Å²) in [6.45, 7) is 0.708. The molecule has 0 bridgehead atoms. The topological polar surface area (TPSA) is 99.9 Å². The molecule has 130 valence electrons. The average Bonchev–Trinajstić information content (AvgIpc) is 2.62. The molecule has 0 aliphatic carbocycles. The van der Waals surface area contributed by atoms with Crippen molar-refractivity contribution in [3.8, 4) is 17.2 Å². The summed E-state index contributed by atoms with van der Waals surface area (Å²) in [6.07, 6.45) is 0. The quantitative estimate of drug-likeness (QED) is 0.674. The number of rotatable bonds is 4. The van der Waals surface area contributed by atoms with Gasteiger partial charge in [-0.15, -0.1) is 0 Å². The minimum atomic E-state index is -0.982. The number of amides is 1. The molecule has 8 nitrogen and oxygen atoms in total. The Kier molecular flexibility index (Phi) is 4.38. The van der Waals surface area contributed by atoms with Crippen molar-refractivity contribution in [3.05, 3.63) is 51.8 Å². The zero-order valence-electron chi connectivity index (χ0n) is 13.1. The molecule has 1 amide bonds. The first-order chi connectivity index (χ1) is 12.0. The summed E-state index contributed by atoms with van der Waals surface area (Å²) in [7, 11) is 1.43. The van der Waals surface area contributed by atoms with Gasteiger partial charge in [-0.25, -0.2) is 0 Å². The molecule has 2 aromatic carbocycles. The Morgan fingerprint density at radius 2 is 2.04 bits per heavy atom. The van der Waals surface area contributed by atoms with E-state index in [2.05, 4.69) is 5.32 Å². The first kappa shape index (κ1) is 16.5. The Labute approximate surface area is 141 Å². The Morgan fingerprint density at radius 3 is 2.76 bits per heavy atom. The van der Waals surface area contributed by atoms with Gasteiger partial charge in [-0.2, -0.15) is 4.39 Å². The van der Waals surface area contributed by atoms with E-state index >= 15 is 0 Å². The van der Waals surface area contributed by atoms with Crippen molar-refractivity contribution in [3.63, 3.8) is 0 Å². The fourth-order valence-electron chi connectivity index (χ4n) is 2.34. The van der Waals surface area contributed by atoms with E-state index in [4.69, 9.17) is 14.2 Å². The number of fused-ring (bicyclic) bond motifs is 1. The molecule has 3 rings (SSSR count). The highest BCUT2D eigenvalue weighted by Crippen LogP contribution is 2.40. The van der Waals surface area contributed by atoms with Gasteiger partial charge in [0.2, 0.25) is 11.6 Å². The van der Waals surface area contributed by atoms with Gasteiger partial charge in [0.25, 0.3) is 5.91 Å². The first-order valence-corrected chi connectivity index (χ1v) is 7.22. The summed E-state index contributed by atoms with van der Waals surface area (Å²) >= 11 is 0. The van der Waals surface area contributed by atoms with Crippen LogP contribution in [-0.4, -0.2) is 31.2 Å². The van der Waals surface area contributed by atoms with Gasteiger partial charge in [-0.1, -0.05) is 0 Å². The molecule has 0 radical (unpaired) electrons. The molecular weight excluding hydrogens is 335 g/mol. The number of methoxy groups -OCH3 is 1. The summed E-state index contributed by atoms with van der Waals surface area (Å²) in [4.78, 5) is 22.3. The minimum Gasteiger partial charge on any atom is -0.493 e. The minimum absolute atomic E-state index is 0.0898. The van der Waals surface area contributed by atoms with Crippen LogP contribution in [0.1, 0.15) is 10.4 Å². The lowest BCUT2D eigenvalue weighted by Gasteiger charge is -2.21. The van der Waals surface area contributed by atoms with Gasteiger partial charge < -0.3 is 19.5 Å². The van der Waals surface area contributed by atoms with E-state index in [9.17, 15) is 19.3 Å². The van der Waals surface area contributed by atoms with Gasteiger partial charge in [-0.05, 0) is 24.3 Å². The van der Waals surface area contributed by atoms with Gasteiger partial charge in [0.15, 0.2) is 11.5 Å². The third-order valence-corrected chi connectivity index (χ3v) is 3.49. The Morgan fingerprint density at radius 1 is 1.28 bits per heavy atom. The fraction of sp³-hybridized carbons (Fsp3) is 0.188. The standard InChI is InChI=1S/C16H13FN2O6/c1-23-13-6-9(7-14-15(13)25-5-4-24-14)16(20)18-10-2-3-11(17)12(8-10)19(21)22/h2-3,6-8H,4-5H2,1H3,(H,18,20). The number of hydrogen-bond donors (Lipinski definition) is 1. The highest BCUT2D eigenvalue weighted by atomic mass is 19.1. The molecule has 0 saturated heterocycles. The van der Waals surface area contributed by atoms with Crippen molar-refractivity contribution >= 4 is 17.3 Å². The number of hydrogen-bond acceptors (Lipinski definition) is 6. The van der Waals surface area contributed by atoms with Crippen LogP contribution < -0.4 is 19.5 Å². The van der Waals surface area contributed by atoms with Crippen molar-refractivity contribution in [2.45, 2.75) is 0 Å². The Bertz CT molecular complexity index is 838. The van der Waals surface area contributed by atoms with Crippen LogP contribution in [0.4, 0.5) is 15.8 Å². The predicted octanol–water partition coefficient (Wildman–Crippen LogP) is 2.77. The summed E-state index contributed by atoms with van der Waals surface area (Å²) in [6, 6.07) is 6.03. The molecule has 1 aliphatic heterocycles. The maximum atomic E-state index is 13.4. The lowest BCUT2D eigenvalue weighted by molar-refractivity contribution is -0.387. The number of benzene rings is 2. The summed E-state index contributed by atoms with van der Waals surface area (Å²) in [5.41, 5.74) is -0.433. The first-order valence-electron chi connectivity index (χ1n) is 7.22. The van der Waals surface area contributed by atoms with E-state index < -0.39 is 22.3 Å². The number of anilines is 1. The molecule has 1 N–H and O–H groups in total. The molecule has 0 aromatic heterocycles. The van der Waals surface area contributed by atoms with E-state index in [1.54, 1.807) is 0 Å². The summed E-state index contributed by atoms with van der Waals surface area (Å²) in [5, 5.41) is 13.3. The molecule has 0 saturated carbocycles. The molecule has 0 atom stereocenters. The van der Waals surface area contributed by atoms with Crippen LogP contribution >= 0.6 is 0 Å². The van der Waals surface area contributed by atoms with Crippen molar-refractivity contribution in [1.82, 2.24) is 0 Å². The normalized spacial score (nSPS) is 12.4. The van der Waals surface area contributed by atoms with Gasteiger partial charge in [0.1, 0.15) is 13.2 Å². The van der Waals surface area contributed by atoms with Crippen molar-refractivity contribution in [1.29, 1.82) is 0 Å². The number of nitro benzene ring substituents is 1. The molecule has 2 aromatic rings. The molecule has 0 unspecified atom stereocenters. The lowest BCUT2D eigenvalue weighted by Crippen LogP contribution is -2.18. The highest BCUT2D eigenvalue weighted by Gasteiger charge is 2.22. The number of carbonyl (C=O) groups is 1. The summed E-state index contributed by atoms with van der Waals surface area (Å²) < 4.78 is 29.5. The molecule has 1 aliphatic rings. The third-order valence-electron chi connectivity index (χ3n) is 3.49. The lowest BCUT2D eigenvalue weighted by atomic mass is 10.1. The van der Waals surface area contributed by atoms with Gasteiger partial charge >= 0.3 is 5.69 Å². The van der Waals surface area contributed by atoms with E-state index in [1.807, 2.05) is 0 Å². The fourth-order valence-corrected chi connectivity index (χ4v) is 2.34. The zero-order valence-corrected chi connectivity index (χ0v) is 13.1. The zero-order chi connectivity index (χ0) is 18.0. The number of nitro groups is 1. The van der Waals surface area contributed by atoms with Crippen molar-refractivity contribution < 1.29 is 28.3 Å². The second-order valence-corrected chi connectivity index (χ2v) is 5.08. The monoisotopic (exact) mass is 348 g/mol. The second kappa shape index (κ2) is 6.63. The van der Waals surface area contributed by atoms with Gasteiger partial charge in [0.05, 0.1) is 12.0 Å². The number of carbonyl (C=O) groups excluding carboxylic acids is 1. The number of halogens is 1. The van der Waals surface area contributed by atoms with E-state index in [0.717, 1.165) is 12.1 Å². The van der Waals surface area contributed by atoms with E-state index in [0.29, 0.717) is 30.5 Å². The molecule has 25 heavy (non-hydrogen) atoms. The van der Waals surface area contributed by atoms with Crippen LogP contribution in [0.15, 0.2) is 30.3 Å². The predicted molar refractivity (Wildman–Crippen MR) is 85.0 cm³/mol. The van der Waals surface area contributed by atoms with Crippen LogP contribution in [-0.2, 0) is 0 Å². The van der Waals surface area contributed by atoms with Crippen LogP contribution in [0.2, 0.25) is 0 Å². The average molecular weight is 348 g/mol. The van der Waals surface area contributed by atoms with Crippen LogP contribution in [0, 0.1) is 15.9 Å². The second-order valence-electron chi connectivity index (χ2n) is 5.08. The van der Waals surface area contributed by atoms with Crippen LogP contribution in [0.25, 0.3) is 0 Å².